The fourth-order valence-corrected chi connectivity index (χ4v) is 5.81. The lowest BCUT2D eigenvalue weighted by Crippen LogP contribution is -2.58. The number of piperazine rings is 1. The van der Waals surface area contributed by atoms with Crippen LogP contribution in [-0.2, 0) is 19.6 Å². The third kappa shape index (κ3) is 4.68. The molecule has 2 saturated heterocycles. The Morgan fingerprint density at radius 2 is 2.30 bits per heavy atom. The lowest BCUT2D eigenvalue weighted by atomic mass is 10.0. The van der Waals surface area contributed by atoms with E-state index in [0.717, 1.165) is 11.3 Å². The molecule has 10 heteroatoms. The van der Waals surface area contributed by atoms with Crippen LogP contribution in [0.2, 0.25) is 0 Å². The Morgan fingerprint density at radius 1 is 1.48 bits per heavy atom. The van der Waals surface area contributed by atoms with E-state index in [-0.39, 0.29) is 40.7 Å². The van der Waals surface area contributed by atoms with Crippen LogP contribution in [-0.4, -0.2) is 62.9 Å². The average Bonchev–Trinajstić information content (AvgIpc) is 3.29. The number of carbonyl (C=O) groups is 2. The zero-order valence-electron chi connectivity index (χ0n) is 14.7. The lowest BCUT2D eigenvalue weighted by Gasteiger charge is -2.37. The maximum atomic E-state index is 12.4. The van der Waals surface area contributed by atoms with Gasteiger partial charge in [-0.2, -0.15) is 0 Å². The lowest BCUT2D eigenvalue weighted by molar-refractivity contribution is -0.129. The number of nitrogens with zero attached hydrogens (tertiary/aromatic N) is 1. The summed E-state index contributed by atoms with van der Waals surface area (Å²) in [6, 6.07) is 2.50. The van der Waals surface area contributed by atoms with Crippen molar-refractivity contribution in [3.05, 3.63) is 17.5 Å². The summed E-state index contributed by atoms with van der Waals surface area (Å²) in [5.41, 5.74) is 0. The van der Waals surface area contributed by atoms with Crippen molar-refractivity contribution in [1.29, 1.82) is 0 Å². The van der Waals surface area contributed by atoms with E-state index in [9.17, 15) is 18.0 Å². The molecule has 1 aromatic rings. The molecule has 0 aromatic carbocycles. The summed E-state index contributed by atoms with van der Waals surface area (Å²) in [5, 5.41) is 7.20. The van der Waals surface area contributed by atoms with Gasteiger partial charge >= 0.3 is 0 Å². The molecule has 1 aromatic heterocycles. The first kappa shape index (κ1) is 19.8. The van der Waals surface area contributed by atoms with E-state index in [1.165, 1.54) is 0 Å². The highest BCUT2D eigenvalue weighted by atomic mass is 32.2. The number of hydrogen-bond acceptors (Lipinski definition) is 6. The summed E-state index contributed by atoms with van der Waals surface area (Å²) < 4.78 is 27.9. The Hall–Kier alpha value is -1.93. The monoisotopic (exact) mass is 410 g/mol. The van der Waals surface area contributed by atoms with Crippen LogP contribution in [0, 0.1) is 12.3 Å². The minimum atomic E-state index is -3.59. The molecule has 0 bridgehead atoms. The second-order valence-electron chi connectivity index (χ2n) is 6.62. The Bertz CT molecular complexity index is 832. The van der Waals surface area contributed by atoms with E-state index < -0.39 is 10.0 Å². The molecule has 8 nitrogen and oxygen atoms in total. The molecule has 146 valence electrons. The standard InChI is InChI=1S/C17H22N4O4S2/c1-2-7-18-15(22)6-5-13-10-19-17(23)14-9-12(11-21(13)14)20-27(24,25)16-4-3-8-26-16/h1,3-4,8,12-14,20H,5-7,9-11H2,(H,18,22)(H,19,23)/t12-,13+,14-/m0/s1. The first-order valence-electron chi connectivity index (χ1n) is 8.70. The van der Waals surface area contributed by atoms with Crippen molar-refractivity contribution in [1.82, 2.24) is 20.3 Å². The quantitative estimate of drug-likeness (QED) is 0.525. The average molecular weight is 411 g/mol. The van der Waals surface area contributed by atoms with E-state index in [4.69, 9.17) is 6.42 Å². The predicted molar refractivity (Wildman–Crippen MR) is 101 cm³/mol. The minimum Gasteiger partial charge on any atom is -0.353 e. The highest BCUT2D eigenvalue weighted by molar-refractivity contribution is 7.91. The number of nitrogens with one attached hydrogen (secondary N) is 3. The summed E-state index contributed by atoms with van der Waals surface area (Å²) in [6.45, 7) is 1.08. The topological polar surface area (TPSA) is 108 Å². The van der Waals surface area contributed by atoms with Crippen LogP contribution in [0.25, 0.3) is 0 Å². The van der Waals surface area contributed by atoms with Crippen LogP contribution >= 0.6 is 11.3 Å². The van der Waals surface area contributed by atoms with Gasteiger partial charge in [-0.25, -0.2) is 13.1 Å². The Morgan fingerprint density at radius 3 is 3.00 bits per heavy atom. The second-order valence-corrected chi connectivity index (χ2v) is 9.51. The van der Waals surface area contributed by atoms with Crippen molar-refractivity contribution in [2.75, 3.05) is 19.6 Å². The number of hydrogen-bond donors (Lipinski definition) is 3. The molecule has 2 fully saturated rings. The number of amides is 2. The minimum absolute atomic E-state index is 0.0134. The molecule has 0 radical (unpaired) electrons. The van der Waals surface area contributed by atoms with E-state index >= 15 is 0 Å². The van der Waals surface area contributed by atoms with Crippen LogP contribution in [0.3, 0.4) is 0 Å². The third-order valence-corrected chi connectivity index (χ3v) is 7.71. The predicted octanol–water partition coefficient (Wildman–Crippen LogP) is -0.503. The Kier molecular flexibility index (Phi) is 6.16. The van der Waals surface area contributed by atoms with Gasteiger partial charge in [0.1, 0.15) is 4.21 Å². The van der Waals surface area contributed by atoms with Crippen LogP contribution < -0.4 is 15.4 Å². The first-order valence-corrected chi connectivity index (χ1v) is 11.1. The summed E-state index contributed by atoms with van der Waals surface area (Å²) in [6.07, 6.45) is 6.41. The molecule has 3 heterocycles. The van der Waals surface area contributed by atoms with E-state index in [1.54, 1.807) is 17.5 Å². The van der Waals surface area contributed by atoms with Gasteiger partial charge in [0.15, 0.2) is 0 Å². The van der Waals surface area contributed by atoms with Crippen LogP contribution in [0.5, 0.6) is 0 Å². The van der Waals surface area contributed by atoms with E-state index in [1.807, 2.05) is 4.90 Å². The smallest absolute Gasteiger partial charge is 0.250 e. The Balaban J connectivity index is 1.61. The van der Waals surface area contributed by atoms with Gasteiger partial charge in [-0.3, -0.25) is 14.5 Å². The van der Waals surface area contributed by atoms with Gasteiger partial charge < -0.3 is 10.6 Å². The number of carbonyl (C=O) groups excluding carboxylic acids is 2. The first-order chi connectivity index (χ1) is 12.9. The number of terminal acetylenes is 1. The van der Waals surface area contributed by atoms with Crippen molar-refractivity contribution < 1.29 is 18.0 Å². The van der Waals surface area contributed by atoms with Gasteiger partial charge in [0, 0.05) is 31.6 Å². The van der Waals surface area contributed by atoms with Gasteiger partial charge in [-0.1, -0.05) is 12.0 Å². The van der Waals surface area contributed by atoms with Gasteiger partial charge in [-0.15, -0.1) is 17.8 Å². The molecule has 2 amide bonds. The molecular weight excluding hydrogens is 388 g/mol. The number of rotatable bonds is 7. The highest BCUT2D eigenvalue weighted by Gasteiger charge is 2.44. The second kappa shape index (κ2) is 8.39. The van der Waals surface area contributed by atoms with Crippen LogP contribution in [0.15, 0.2) is 21.7 Å². The number of fused-ring (bicyclic) bond motifs is 1. The third-order valence-electron chi connectivity index (χ3n) is 4.80. The molecule has 27 heavy (non-hydrogen) atoms. The van der Waals surface area contributed by atoms with Gasteiger partial charge in [0.25, 0.3) is 0 Å². The van der Waals surface area contributed by atoms with Crippen molar-refractivity contribution in [2.45, 2.75) is 41.6 Å². The fraction of sp³-hybridized carbons (Fsp3) is 0.529. The molecule has 3 rings (SSSR count). The number of sulfonamides is 1. The molecule has 2 aliphatic rings. The van der Waals surface area contributed by atoms with E-state index in [2.05, 4.69) is 21.3 Å². The van der Waals surface area contributed by atoms with Gasteiger partial charge in [0.05, 0.1) is 12.6 Å². The largest absolute Gasteiger partial charge is 0.353 e. The summed E-state index contributed by atoms with van der Waals surface area (Å²) in [4.78, 5) is 26.0. The summed E-state index contributed by atoms with van der Waals surface area (Å²) in [7, 11) is -3.59. The summed E-state index contributed by atoms with van der Waals surface area (Å²) in [5.74, 6) is 2.13. The maximum absolute atomic E-state index is 12.4. The van der Waals surface area contributed by atoms with Crippen molar-refractivity contribution in [3.63, 3.8) is 0 Å². The van der Waals surface area contributed by atoms with Crippen molar-refractivity contribution in [2.24, 2.45) is 0 Å². The maximum Gasteiger partial charge on any atom is 0.250 e. The van der Waals surface area contributed by atoms with Crippen molar-refractivity contribution in [3.8, 4) is 12.3 Å². The summed E-state index contributed by atoms with van der Waals surface area (Å²) >= 11 is 1.16. The molecule has 2 aliphatic heterocycles. The fourth-order valence-electron chi connectivity index (χ4n) is 3.56. The van der Waals surface area contributed by atoms with Crippen LogP contribution in [0.1, 0.15) is 19.3 Å². The molecule has 0 unspecified atom stereocenters. The van der Waals surface area contributed by atoms with Crippen LogP contribution in [0.4, 0.5) is 0 Å². The molecule has 3 atom stereocenters. The highest BCUT2D eigenvalue weighted by Crippen LogP contribution is 2.27. The zero-order valence-corrected chi connectivity index (χ0v) is 16.3. The molecule has 0 aliphatic carbocycles. The molecular formula is C17H22N4O4S2. The Labute approximate surface area is 162 Å². The van der Waals surface area contributed by atoms with Gasteiger partial charge in [0.2, 0.25) is 21.8 Å². The van der Waals surface area contributed by atoms with Crippen molar-refractivity contribution >= 4 is 33.2 Å². The zero-order chi connectivity index (χ0) is 19.4. The normalized spacial score (nSPS) is 25.4. The number of thiophene rings is 1. The molecule has 0 spiro atoms. The van der Waals surface area contributed by atoms with E-state index in [0.29, 0.717) is 32.4 Å². The molecule has 3 N–H and O–H groups in total. The SMILES string of the molecule is C#CCNC(=O)CC[C@@H]1CNC(=O)[C@@H]2C[C@H](NS(=O)(=O)c3cccs3)CN12. The van der Waals surface area contributed by atoms with Gasteiger partial charge in [-0.05, 0) is 24.3 Å². The molecule has 0 saturated carbocycles.